The van der Waals surface area contributed by atoms with Crippen LogP contribution in [0.2, 0.25) is 0 Å². The molecule has 1 unspecified atom stereocenters. The second-order valence-corrected chi connectivity index (χ2v) is 4.22. The van der Waals surface area contributed by atoms with Gasteiger partial charge in [-0.3, -0.25) is 0 Å². The van der Waals surface area contributed by atoms with Gasteiger partial charge in [0.25, 0.3) is 0 Å². The highest BCUT2D eigenvalue weighted by Crippen LogP contribution is 2.26. The molecule has 0 fully saturated rings. The number of nitrogens with zero attached hydrogens (tertiary/aromatic N) is 1. The predicted molar refractivity (Wildman–Crippen MR) is 65.8 cm³/mol. The summed E-state index contributed by atoms with van der Waals surface area (Å²) < 4.78 is 0. The first kappa shape index (κ1) is 12.6. The summed E-state index contributed by atoms with van der Waals surface area (Å²) in [5, 5.41) is 9.35. The molecule has 1 N–H and O–H groups in total. The number of carboxylic acid groups (broad SMARTS) is 1. The third-order valence-electron chi connectivity index (χ3n) is 3.08. The Bertz CT molecular complexity index is 350. The van der Waals surface area contributed by atoms with Gasteiger partial charge < -0.3 is 10.0 Å². The summed E-state index contributed by atoms with van der Waals surface area (Å²) in [6.07, 6.45) is 1.48. The first-order valence-corrected chi connectivity index (χ1v) is 5.54. The van der Waals surface area contributed by atoms with Gasteiger partial charge in [-0.05, 0) is 25.5 Å². The van der Waals surface area contributed by atoms with E-state index in [-0.39, 0.29) is 0 Å². The van der Waals surface area contributed by atoms with Gasteiger partial charge in [0.05, 0.1) is 0 Å². The molecule has 0 spiro atoms. The molecule has 88 valence electrons. The molecule has 0 aliphatic heterocycles. The van der Waals surface area contributed by atoms with E-state index in [0.29, 0.717) is 6.42 Å². The Morgan fingerprint density at radius 2 is 1.94 bits per heavy atom. The maximum absolute atomic E-state index is 11.4. The van der Waals surface area contributed by atoms with Crippen LogP contribution in [0.25, 0.3) is 0 Å². The Morgan fingerprint density at radius 3 is 2.38 bits per heavy atom. The molecule has 0 saturated carbocycles. The Kier molecular flexibility index (Phi) is 3.93. The van der Waals surface area contributed by atoms with Gasteiger partial charge in [0.1, 0.15) is 5.54 Å². The van der Waals surface area contributed by atoms with Crippen LogP contribution < -0.4 is 4.90 Å². The molecule has 0 saturated heterocycles. The van der Waals surface area contributed by atoms with E-state index in [1.54, 1.807) is 6.92 Å². The van der Waals surface area contributed by atoms with E-state index in [4.69, 9.17) is 0 Å². The molecule has 1 aromatic carbocycles. The van der Waals surface area contributed by atoms with Crippen LogP contribution in [-0.2, 0) is 4.79 Å². The SMILES string of the molecule is CCCC(C)(C(=O)O)N(C)c1ccccc1. The topological polar surface area (TPSA) is 40.5 Å². The third kappa shape index (κ3) is 2.35. The summed E-state index contributed by atoms with van der Waals surface area (Å²) in [7, 11) is 1.83. The minimum absolute atomic E-state index is 0.633. The summed E-state index contributed by atoms with van der Waals surface area (Å²) in [5.74, 6) is -0.777. The fraction of sp³-hybridized carbons (Fsp3) is 0.462. The minimum atomic E-state index is -0.837. The fourth-order valence-corrected chi connectivity index (χ4v) is 1.84. The molecule has 3 nitrogen and oxygen atoms in total. The lowest BCUT2D eigenvalue weighted by molar-refractivity contribution is -0.143. The maximum atomic E-state index is 11.4. The predicted octanol–water partition coefficient (Wildman–Crippen LogP) is 2.77. The van der Waals surface area contributed by atoms with Crippen LogP contribution in [0.3, 0.4) is 0 Å². The standard InChI is InChI=1S/C13H19NO2/c1-4-10-13(2,12(15)16)14(3)11-8-6-5-7-9-11/h5-9H,4,10H2,1-3H3,(H,15,16). The highest BCUT2D eigenvalue weighted by molar-refractivity contribution is 5.82. The molecule has 0 bridgehead atoms. The second-order valence-electron chi connectivity index (χ2n) is 4.22. The van der Waals surface area contributed by atoms with Gasteiger partial charge in [0.15, 0.2) is 0 Å². The Balaban J connectivity index is 3.00. The van der Waals surface area contributed by atoms with Crippen molar-refractivity contribution in [1.82, 2.24) is 0 Å². The smallest absolute Gasteiger partial charge is 0.329 e. The van der Waals surface area contributed by atoms with Crippen molar-refractivity contribution in [2.75, 3.05) is 11.9 Å². The third-order valence-corrected chi connectivity index (χ3v) is 3.08. The quantitative estimate of drug-likeness (QED) is 0.831. The summed E-state index contributed by atoms with van der Waals surface area (Å²) in [5.41, 5.74) is 0.0941. The van der Waals surface area contributed by atoms with E-state index in [2.05, 4.69) is 0 Å². The number of carboxylic acids is 1. The van der Waals surface area contributed by atoms with E-state index in [0.717, 1.165) is 12.1 Å². The number of carbonyl (C=O) groups is 1. The summed E-state index contributed by atoms with van der Waals surface area (Å²) in [6.45, 7) is 3.77. The molecule has 1 rings (SSSR count). The van der Waals surface area contributed by atoms with Crippen LogP contribution >= 0.6 is 0 Å². The van der Waals surface area contributed by atoms with Crippen molar-refractivity contribution in [3.05, 3.63) is 30.3 Å². The van der Waals surface area contributed by atoms with E-state index in [1.165, 1.54) is 0 Å². The first-order valence-electron chi connectivity index (χ1n) is 5.54. The van der Waals surface area contributed by atoms with Crippen LogP contribution in [-0.4, -0.2) is 23.7 Å². The normalized spacial score (nSPS) is 14.2. The van der Waals surface area contributed by atoms with Gasteiger partial charge in [-0.25, -0.2) is 4.79 Å². The van der Waals surface area contributed by atoms with E-state index >= 15 is 0 Å². The molecule has 0 aliphatic carbocycles. The largest absolute Gasteiger partial charge is 0.480 e. The molecule has 3 heteroatoms. The highest BCUT2D eigenvalue weighted by atomic mass is 16.4. The molecule has 1 aromatic rings. The number of likely N-dealkylation sites (N-methyl/N-ethyl adjacent to an activating group) is 1. The minimum Gasteiger partial charge on any atom is -0.480 e. The van der Waals surface area contributed by atoms with Gasteiger partial charge >= 0.3 is 5.97 Å². The first-order chi connectivity index (χ1) is 7.52. The number of anilines is 1. The molecule has 0 heterocycles. The lowest BCUT2D eigenvalue weighted by Crippen LogP contribution is -2.50. The van der Waals surface area contributed by atoms with Crippen molar-refractivity contribution in [3.63, 3.8) is 0 Å². The lowest BCUT2D eigenvalue weighted by Gasteiger charge is -2.36. The molecule has 0 radical (unpaired) electrons. The number of hydrogen-bond donors (Lipinski definition) is 1. The molecule has 1 atom stereocenters. The number of aliphatic carboxylic acids is 1. The number of rotatable bonds is 5. The van der Waals surface area contributed by atoms with Crippen LogP contribution in [0, 0.1) is 0 Å². The zero-order chi connectivity index (χ0) is 12.2. The molecule has 0 aromatic heterocycles. The van der Waals surface area contributed by atoms with Crippen molar-refractivity contribution < 1.29 is 9.90 Å². The zero-order valence-electron chi connectivity index (χ0n) is 10.1. The Morgan fingerprint density at radius 1 is 1.38 bits per heavy atom. The maximum Gasteiger partial charge on any atom is 0.329 e. The number of benzene rings is 1. The molecular weight excluding hydrogens is 202 g/mol. The van der Waals surface area contributed by atoms with Crippen LogP contribution in [0.15, 0.2) is 30.3 Å². The molecule has 0 amide bonds. The van der Waals surface area contributed by atoms with Crippen molar-refractivity contribution in [3.8, 4) is 0 Å². The number of para-hydroxylation sites is 1. The summed E-state index contributed by atoms with van der Waals surface area (Å²) in [4.78, 5) is 13.2. The zero-order valence-corrected chi connectivity index (χ0v) is 10.1. The van der Waals surface area contributed by atoms with Crippen LogP contribution in [0.5, 0.6) is 0 Å². The summed E-state index contributed by atoms with van der Waals surface area (Å²) in [6, 6.07) is 9.61. The summed E-state index contributed by atoms with van der Waals surface area (Å²) >= 11 is 0. The average Bonchev–Trinajstić information content (AvgIpc) is 2.29. The van der Waals surface area contributed by atoms with Crippen molar-refractivity contribution in [2.24, 2.45) is 0 Å². The number of hydrogen-bond acceptors (Lipinski definition) is 2. The van der Waals surface area contributed by atoms with Gasteiger partial charge in [-0.15, -0.1) is 0 Å². The Hall–Kier alpha value is -1.51. The van der Waals surface area contributed by atoms with Crippen molar-refractivity contribution in [2.45, 2.75) is 32.2 Å². The van der Waals surface area contributed by atoms with E-state index in [9.17, 15) is 9.90 Å². The Labute approximate surface area is 96.7 Å². The van der Waals surface area contributed by atoms with Gasteiger partial charge in [0, 0.05) is 12.7 Å². The van der Waals surface area contributed by atoms with Crippen LogP contribution in [0.1, 0.15) is 26.7 Å². The van der Waals surface area contributed by atoms with Crippen molar-refractivity contribution in [1.29, 1.82) is 0 Å². The molecule has 16 heavy (non-hydrogen) atoms. The molecular formula is C13H19NO2. The van der Waals surface area contributed by atoms with E-state index < -0.39 is 11.5 Å². The highest BCUT2D eigenvalue weighted by Gasteiger charge is 2.36. The van der Waals surface area contributed by atoms with Crippen LogP contribution in [0.4, 0.5) is 5.69 Å². The second kappa shape index (κ2) is 5.01. The monoisotopic (exact) mass is 221 g/mol. The lowest BCUT2D eigenvalue weighted by atomic mass is 9.94. The van der Waals surface area contributed by atoms with E-state index in [1.807, 2.05) is 49.2 Å². The van der Waals surface area contributed by atoms with Crippen molar-refractivity contribution >= 4 is 11.7 Å². The molecule has 0 aliphatic rings. The van der Waals surface area contributed by atoms with Gasteiger partial charge in [0.2, 0.25) is 0 Å². The van der Waals surface area contributed by atoms with Gasteiger partial charge in [-0.2, -0.15) is 0 Å². The average molecular weight is 221 g/mol. The van der Waals surface area contributed by atoms with Gasteiger partial charge in [-0.1, -0.05) is 31.5 Å². The fourth-order valence-electron chi connectivity index (χ4n) is 1.84.